The molecule has 0 spiro atoms. The van der Waals surface area contributed by atoms with Crippen molar-refractivity contribution in [3.8, 4) is 0 Å². The molecule has 1 N–H and O–H groups in total. The maximum Gasteiger partial charge on any atom is 0.407 e. The number of amides is 1. The molecule has 0 aliphatic carbocycles. The Morgan fingerprint density at radius 1 is 1.47 bits per heavy atom. The van der Waals surface area contributed by atoms with Gasteiger partial charge in [0.2, 0.25) is 0 Å². The SMILES string of the molecule is O=CCN(CCc1ccc2c(c1)COC2=O)C(=O)O. The second-order valence-corrected chi connectivity index (χ2v) is 4.21. The van der Waals surface area contributed by atoms with Gasteiger partial charge in [0.25, 0.3) is 0 Å². The van der Waals surface area contributed by atoms with Crippen molar-refractivity contribution in [1.82, 2.24) is 4.90 Å². The molecule has 100 valence electrons. The van der Waals surface area contributed by atoms with Crippen molar-refractivity contribution in [2.45, 2.75) is 13.0 Å². The second kappa shape index (κ2) is 5.51. The molecule has 0 aromatic heterocycles. The highest BCUT2D eigenvalue weighted by Crippen LogP contribution is 2.21. The van der Waals surface area contributed by atoms with Crippen LogP contribution in [0.3, 0.4) is 0 Å². The van der Waals surface area contributed by atoms with Gasteiger partial charge < -0.3 is 19.5 Å². The van der Waals surface area contributed by atoms with Crippen molar-refractivity contribution in [3.05, 3.63) is 34.9 Å². The molecule has 0 bridgehead atoms. The first-order valence-corrected chi connectivity index (χ1v) is 5.82. The molecule has 1 heterocycles. The topological polar surface area (TPSA) is 83.9 Å². The molecule has 19 heavy (non-hydrogen) atoms. The standard InChI is InChI=1S/C13H13NO5/c15-6-5-14(13(17)18)4-3-9-1-2-11-10(7-9)8-19-12(11)16/h1-2,6-7H,3-5,8H2,(H,17,18). The van der Waals surface area contributed by atoms with E-state index < -0.39 is 6.09 Å². The predicted octanol–water partition coefficient (Wildman–Crippen LogP) is 1.08. The summed E-state index contributed by atoms with van der Waals surface area (Å²) >= 11 is 0. The molecule has 1 aliphatic rings. The minimum atomic E-state index is -1.12. The number of benzene rings is 1. The van der Waals surface area contributed by atoms with Crippen molar-refractivity contribution < 1.29 is 24.2 Å². The smallest absolute Gasteiger partial charge is 0.407 e. The summed E-state index contributed by atoms with van der Waals surface area (Å²) in [6.45, 7) is 0.364. The molecule has 0 saturated carbocycles. The number of hydrogen-bond donors (Lipinski definition) is 1. The largest absolute Gasteiger partial charge is 0.465 e. The maximum atomic E-state index is 11.3. The number of fused-ring (bicyclic) bond motifs is 1. The predicted molar refractivity (Wildman–Crippen MR) is 64.9 cm³/mol. The highest BCUT2D eigenvalue weighted by molar-refractivity contribution is 5.93. The number of nitrogens with zero attached hydrogens (tertiary/aromatic N) is 1. The number of hydrogen-bond acceptors (Lipinski definition) is 4. The molecule has 0 unspecified atom stereocenters. The van der Waals surface area contributed by atoms with Crippen LogP contribution in [0.2, 0.25) is 0 Å². The molecule has 0 atom stereocenters. The third-order valence-electron chi connectivity index (χ3n) is 2.98. The lowest BCUT2D eigenvalue weighted by Crippen LogP contribution is -2.33. The van der Waals surface area contributed by atoms with E-state index in [1.165, 1.54) is 0 Å². The lowest BCUT2D eigenvalue weighted by molar-refractivity contribution is -0.108. The minimum absolute atomic E-state index is 0.137. The summed E-state index contributed by atoms with van der Waals surface area (Å²) < 4.78 is 4.89. The Balaban J connectivity index is 2.02. The highest BCUT2D eigenvalue weighted by Gasteiger charge is 2.21. The van der Waals surface area contributed by atoms with E-state index >= 15 is 0 Å². The van der Waals surface area contributed by atoms with Gasteiger partial charge in [-0.15, -0.1) is 0 Å². The van der Waals surface area contributed by atoms with Gasteiger partial charge in [0, 0.05) is 12.1 Å². The fourth-order valence-electron chi connectivity index (χ4n) is 1.96. The van der Waals surface area contributed by atoms with Crippen LogP contribution in [-0.2, 0) is 22.6 Å². The zero-order valence-corrected chi connectivity index (χ0v) is 10.2. The van der Waals surface area contributed by atoms with E-state index in [1.807, 2.05) is 6.07 Å². The Bertz CT molecular complexity index is 526. The summed E-state index contributed by atoms with van der Waals surface area (Å²) in [7, 11) is 0. The van der Waals surface area contributed by atoms with E-state index in [-0.39, 0.29) is 25.7 Å². The van der Waals surface area contributed by atoms with Gasteiger partial charge in [0.1, 0.15) is 12.9 Å². The molecule has 1 aromatic carbocycles. The molecule has 6 nitrogen and oxygen atoms in total. The zero-order valence-electron chi connectivity index (χ0n) is 10.2. The van der Waals surface area contributed by atoms with Crippen molar-refractivity contribution >= 4 is 18.3 Å². The lowest BCUT2D eigenvalue weighted by atomic mass is 10.0. The summed E-state index contributed by atoms with van der Waals surface area (Å²) in [5.41, 5.74) is 2.29. The Labute approximate surface area is 109 Å². The van der Waals surface area contributed by atoms with E-state index in [0.29, 0.717) is 18.3 Å². The van der Waals surface area contributed by atoms with Crippen LogP contribution < -0.4 is 0 Å². The minimum Gasteiger partial charge on any atom is -0.465 e. The van der Waals surface area contributed by atoms with E-state index in [1.54, 1.807) is 12.1 Å². The van der Waals surface area contributed by atoms with Crippen molar-refractivity contribution in [2.24, 2.45) is 0 Å². The number of rotatable bonds is 5. The molecule has 2 rings (SSSR count). The first-order valence-electron chi connectivity index (χ1n) is 5.82. The van der Waals surface area contributed by atoms with Gasteiger partial charge in [-0.2, -0.15) is 0 Å². The molecule has 0 fully saturated rings. The number of carbonyl (C=O) groups is 3. The average molecular weight is 263 g/mol. The fraction of sp³-hybridized carbons (Fsp3) is 0.308. The van der Waals surface area contributed by atoms with Crippen LogP contribution in [0, 0.1) is 0 Å². The van der Waals surface area contributed by atoms with Gasteiger partial charge >= 0.3 is 12.1 Å². The number of ether oxygens (including phenoxy) is 1. The third kappa shape index (κ3) is 2.90. The number of carbonyl (C=O) groups excluding carboxylic acids is 2. The molecular weight excluding hydrogens is 250 g/mol. The number of cyclic esters (lactones) is 1. The van der Waals surface area contributed by atoms with Crippen molar-refractivity contribution in [2.75, 3.05) is 13.1 Å². The van der Waals surface area contributed by atoms with Gasteiger partial charge in [0.05, 0.1) is 12.1 Å². The van der Waals surface area contributed by atoms with Gasteiger partial charge in [-0.3, -0.25) is 0 Å². The van der Waals surface area contributed by atoms with E-state index in [2.05, 4.69) is 0 Å². The van der Waals surface area contributed by atoms with Gasteiger partial charge in [-0.25, -0.2) is 9.59 Å². The molecule has 0 radical (unpaired) electrons. The van der Waals surface area contributed by atoms with Gasteiger partial charge in [0.15, 0.2) is 0 Å². The Hall–Kier alpha value is -2.37. The summed E-state index contributed by atoms with van der Waals surface area (Å²) in [6.07, 6.45) is -0.0722. The fourth-order valence-corrected chi connectivity index (χ4v) is 1.96. The summed E-state index contributed by atoms with van der Waals surface area (Å²) in [5, 5.41) is 8.87. The van der Waals surface area contributed by atoms with Crippen LogP contribution in [0.5, 0.6) is 0 Å². The highest BCUT2D eigenvalue weighted by atomic mass is 16.5. The molecule has 1 amide bonds. The summed E-state index contributed by atoms with van der Waals surface area (Å²) in [4.78, 5) is 33.5. The van der Waals surface area contributed by atoms with Crippen LogP contribution in [0.25, 0.3) is 0 Å². The van der Waals surface area contributed by atoms with Gasteiger partial charge in [-0.1, -0.05) is 12.1 Å². The second-order valence-electron chi connectivity index (χ2n) is 4.21. The normalized spacial score (nSPS) is 12.7. The van der Waals surface area contributed by atoms with Crippen LogP contribution in [-0.4, -0.2) is 41.4 Å². The number of aldehydes is 1. The van der Waals surface area contributed by atoms with Crippen molar-refractivity contribution in [3.63, 3.8) is 0 Å². The van der Waals surface area contributed by atoms with Crippen LogP contribution in [0.15, 0.2) is 18.2 Å². The van der Waals surface area contributed by atoms with Gasteiger partial charge in [-0.05, 0) is 18.1 Å². The number of esters is 1. The Kier molecular flexibility index (Phi) is 3.79. The van der Waals surface area contributed by atoms with Crippen LogP contribution >= 0.6 is 0 Å². The third-order valence-corrected chi connectivity index (χ3v) is 2.98. The van der Waals surface area contributed by atoms with Crippen molar-refractivity contribution in [1.29, 1.82) is 0 Å². The zero-order chi connectivity index (χ0) is 13.8. The Morgan fingerprint density at radius 2 is 2.26 bits per heavy atom. The summed E-state index contributed by atoms with van der Waals surface area (Å²) in [6, 6.07) is 5.29. The van der Waals surface area contributed by atoms with E-state index in [9.17, 15) is 14.4 Å². The van der Waals surface area contributed by atoms with Crippen LogP contribution in [0.4, 0.5) is 4.79 Å². The van der Waals surface area contributed by atoms with E-state index in [4.69, 9.17) is 9.84 Å². The molecular formula is C13H13NO5. The lowest BCUT2D eigenvalue weighted by Gasteiger charge is -2.15. The molecule has 1 aliphatic heterocycles. The molecule has 1 aromatic rings. The summed E-state index contributed by atoms with van der Waals surface area (Å²) in [5.74, 6) is -0.324. The molecule has 0 saturated heterocycles. The van der Waals surface area contributed by atoms with Crippen LogP contribution in [0.1, 0.15) is 21.5 Å². The first-order chi connectivity index (χ1) is 9.11. The first kappa shape index (κ1) is 13.1. The Morgan fingerprint density at radius 3 is 2.95 bits per heavy atom. The van der Waals surface area contributed by atoms with E-state index in [0.717, 1.165) is 16.0 Å². The number of carboxylic acid groups (broad SMARTS) is 1. The quantitative estimate of drug-likeness (QED) is 0.634. The average Bonchev–Trinajstić information content (AvgIpc) is 2.75. The monoisotopic (exact) mass is 263 g/mol. The maximum absolute atomic E-state index is 11.3. The molecule has 6 heteroatoms.